The second-order valence-electron chi connectivity index (χ2n) is 28.2. The maximum atomic E-state index is 14.4. The second-order valence-corrected chi connectivity index (χ2v) is 28.2. The van der Waals surface area contributed by atoms with Crippen molar-refractivity contribution in [3.8, 4) is 0 Å². The molecule has 2 aliphatic rings. The zero-order valence-electron chi connectivity index (χ0n) is 62.0. The number of hydrogen-bond acceptors (Lipinski definition) is 18. The molecule has 0 saturated carbocycles. The summed E-state index contributed by atoms with van der Waals surface area (Å²) in [6.07, 6.45) is 3.40. The summed E-state index contributed by atoms with van der Waals surface area (Å²) in [6.45, 7) is 13.3. The van der Waals surface area contributed by atoms with E-state index in [1.54, 1.807) is 6.20 Å². The smallest absolute Gasteiger partial charge is 0.326 e. The van der Waals surface area contributed by atoms with E-state index in [2.05, 4.69) is 68.1 Å². The van der Waals surface area contributed by atoms with Crippen LogP contribution < -0.4 is 87.6 Å². The van der Waals surface area contributed by atoms with Crippen LogP contribution in [0, 0.1) is 17.8 Å². The van der Waals surface area contributed by atoms with E-state index in [-0.39, 0.29) is 126 Å². The van der Waals surface area contributed by atoms with Gasteiger partial charge in [0.2, 0.25) is 70.9 Å². The van der Waals surface area contributed by atoms with Gasteiger partial charge in [-0.05, 0) is 146 Å². The minimum atomic E-state index is -1.86. The Balaban J connectivity index is 1.43. The molecule has 1 aromatic heterocycles. The highest BCUT2D eigenvalue weighted by Crippen LogP contribution is 2.24. The average molecular weight is 1490 g/mol. The Hall–Kier alpha value is -10.2. The lowest BCUT2D eigenvalue weighted by Gasteiger charge is -2.32. The summed E-state index contributed by atoms with van der Waals surface area (Å²) in [6, 6.07) is -8.23. The van der Waals surface area contributed by atoms with Crippen molar-refractivity contribution in [1.29, 1.82) is 0 Å². The van der Waals surface area contributed by atoms with Gasteiger partial charge >= 0.3 is 11.9 Å². The first-order valence-corrected chi connectivity index (χ1v) is 36.2. The van der Waals surface area contributed by atoms with Crippen molar-refractivity contribution in [3.63, 3.8) is 0 Å². The number of aliphatic carboxylic acids is 2. The summed E-state index contributed by atoms with van der Waals surface area (Å²) < 4.78 is 0. The Morgan fingerprint density at radius 2 is 0.981 bits per heavy atom. The quantitative estimate of drug-likeness (QED) is 0.0174. The lowest BCUT2D eigenvalue weighted by Crippen LogP contribution is -2.60. The molecule has 37 heteroatoms. The Morgan fingerprint density at radius 1 is 0.519 bits per heavy atom. The van der Waals surface area contributed by atoms with Gasteiger partial charge in [-0.3, -0.25) is 72.3 Å². The number of unbranched alkanes of at least 4 members (excludes halogenated alkanes) is 1. The van der Waals surface area contributed by atoms with Crippen molar-refractivity contribution in [1.82, 2.24) is 68.0 Å². The molecule has 25 N–H and O–H groups in total. The van der Waals surface area contributed by atoms with Crippen molar-refractivity contribution < 1.29 is 77.3 Å². The average Bonchev–Trinajstić information content (AvgIpc) is 1.65. The highest BCUT2D eigenvalue weighted by molar-refractivity contribution is 6.00. The van der Waals surface area contributed by atoms with Gasteiger partial charge < -0.3 is 113 Å². The number of para-hydroxylation sites is 1. The number of rotatable bonds is 45. The van der Waals surface area contributed by atoms with E-state index in [1.807, 2.05) is 65.8 Å². The zero-order valence-corrected chi connectivity index (χ0v) is 62.0. The number of H-pyrrole nitrogens is 1. The molecule has 0 aliphatic carbocycles. The van der Waals surface area contributed by atoms with Crippen LogP contribution >= 0.6 is 0 Å². The zero-order chi connectivity index (χ0) is 79.1. The highest BCUT2D eigenvalue weighted by atomic mass is 16.4. The molecule has 590 valence electrons. The Morgan fingerprint density at radius 3 is 1.52 bits per heavy atom. The number of likely N-dealkylation sites (tertiary alicyclic amines) is 2. The van der Waals surface area contributed by atoms with E-state index >= 15 is 0 Å². The fourth-order valence-corrected chi connectivity index (χ4v) is 12.4. The molecule has 12 atom stereocenters. The number of carbonyl (C=O) groups is 14. The second kappa shape index (κ2) is 43.9. The van der Waals surface area contributed by atoms with E-state index in [0.717, 1.165) is 16.5 Å². The number of fused-ring (bicyclic) bond motifs is 1. The lowest BCUT2D eigenvalue weighted by molar-refractivity contribution is -0.145. The predicted octanol–water partition coefficient (Wildman–Crippen LogP) is -3.53. The number of carboxylic acids is 2. The highest BCUT2D eigenvalue weighted by Gasteiger charge is 2.43. The summed E-state index contributed by atoms with van der Waals surface area (Å²) in [5, 5.41) is 46.2. The van der Waals surface area contributed by atoms with Crippen LogP contribution in [0.15, 0.2) is 40.4 Å². The normalized spacial score (nSPS) is 17.0. The molecule has 0 unspecified atom stereocenters. The van der Waals surface area contributed by atoms with E-state index in [4.69, 9.17) is 34.4 Å². The molecule has 0 spiro atoms. The van der Waals surface area contributed by atoms with Gasteiger partial charge in [0.05, 0.1) is 19.0 Å². The SMILES string of the molecule is CC(C)C[C@H](NC(=O)CNC(=O)[C@@H]1CCCN1C(=O)[C@H](CC(C)C)NC(=O)[C@@H]1CCCN1C(=O)[C@H](C)NC(=O)[C@H](CC(=O)O)NC(=O)[C@H](C)NC(=O)[C@H](CCCN=C(N)N)NC(=O)[C@H](CCCN=C(N)N)NC(=O)[C@H](CC(C)C)NC(=O)[C@@H](N)Cc1c[nH]c2ccccc12)C(=O)N[C@@H](CCCCN)C(=O)O. The third kappa shape index (κ3) is 29.4. The largest absolute Gasteiger partial charge is 0.481 e. The monoisotopic (exact) mass is 1490 g/mol. The molecule has 37 nitrogen and oxygen atoms in total. The first kappa shape index (κ1) is 88.2. The Labute approximate surface area is 616 Å². The lowest BCUT2D eigenvalue weighted by atomic mass is 10.0. The number of nitrogens with two attached hydrogens (primary N) is 6. The van der Waals surface area contributed by atoms with Crippen LogP contribution in [0.25, 0.3) is 10.9 Å². The number of aliphatic imine (C=N–C) groups is 2. The molecule has 0 bridgehead atoms. The number of aromatic amines is 1. The third-order valence-corrected chi connectivity index (χ3v) is 17.8. The van der Waals surface area contributed by atoms with Gasteiger partial charge in [-0.1, -0.05) is 59.7 Å². The van der Waals surface area contributed by atoms with Crippen LogP contribution in [0.3, 0.4) is 0 Å². The van der Waals surface area contributed by atoms with Gasteiger partial charge in [-0.25, -0.2) is 4.79 Å². The van der Waals surface area contributed by atoms with E-state index < -0.39 is 168 Å². The number of nitrogens with zero attached hydrogens (tertiary/aromatic N) is 4. The van der Waals surface area contributed by atoms with Gasteiger partial charge in [0, 0.05) is 43.3 Å². The minimum absolute atomic E-state index is 0.0189. The summed E-state index contributed by atoms with van der Waals surface area (Å²) >= 11 is 0. The molecule has 2 fully saturated rings. The van der Waals surface area contributed by atoms with Crippen molar-refractivity contribution >= 4 is 106 Å². The topological polar surface area (TPSA) is 603 Å². The molecular weight excluding hydrogens is 1380 g/mol. The van der Waals surface area contributed by atoms with Crippen molar-refractivity contribution in [2.75, 3.05) is 39.3 Å². The molecule has 0 radical (unpaired) electrons. The van der Waals surface area contributed by atoms with Crippen LogP contribution in [0.2, 0.25) is 0 Å². The number of carboxylic acid groups (broad SMARTS) is 2. The van der Waals surface area contributed by atoms with E-state index in [9.17, 15) is 77.3 Å². The Kier molecular flexibility index (Phi) is 36.5. The summed E-state index contributed by atoms with van der Waals surface area (Å²) in [7, 11) is 0. The predicted molar refractivity (Wildman–Crippen MR) is 392 cm³/mol. The number of benzene rings is 1. The summed E-state index contributed by atoms with van der Waals surface area (Å²) in [5.74, 6) is -13.4. The molecule has 2 aromatic rings. The number of carbonyl (C=O) groups excluding carboxylic acids is 12. The Bertz CT molecular complexity index is 3430. The fraction of sp³-hybridized carbons (Fsp3) is 0.652. The van der Waals surface area contributed by atoms with Crippen LogP contribution in [-0.4, -0.2) is 232 Å². The molecule has 2 aliphatic heterocycles. The maximum absolute atomic E-state index is 14.4. The van der Waals surface area contributed by atoms with Gasteiger partial charge in [0.1, 0.15) is 66.5 Å². The number of amides is 12. The van der Waals surface area contributed by atoms with E-state index in [1.165, 1.54) is 23.6 Å². The first-order chi connectivity index (χ1) is 50.0. The summed E-state index contributed by atoms with van der Waals surface area (Å²) in [4.78, 5) is 205. The van der Waals surface area contributed by atoms with Crippen LogP contribution in [0.4, 0.5) is 0 Å². The van der Waals surface area contributed by atoms with Gasteiger partial charge in [-0.15, -0.1) is 0 Å². The molecule has 4 rings (SSSR count). The van der Waals surface area contributed by atoms with Crippen molar-refractivity contribution in [2.24, 2.45) is 62.1 Å². The fourth-order valence-electron chi connectivity index (χ4n) is 12.4. The van der Waals surface area contributed by atoms with Crippen molar-refractivity contribution in [3.05, 3.63) is 36.0 Å². The molecule has 12 amide bonds. The van der Waals surface area contributed by atoms with Crippen LogP contribution in [-0.2, 0) is 73.5 Å². The number of aromatic nitrogens is 1. The van der Waals surface area contributed by atoms with E-state index in [0.29, 0.717) is 32.2 Å². The van der Waals surface area contributed by atoms with Gasteiger partial charge in [-0.2, -0.15) is 0 Å². The molecule has 2 saturated heterocycles. The first-order valence-electron chi connectivity index (χ1n) is 36.2. The van der Waals surface area contributed by atoms with Gasteiger partial charge in [0.15, 0.2) is 11.9 Å². The van der Waals surface area contributed by atoms with Gasteiger partial charge in [0.25, 0.3) is 0 Å². The number of hydrogen-bond donors (Lipinski definition) is 19. The molecular formula is C69H113N21O16. The van der Waals surface area contributed by atoms with Crippen LogP contribution in [0.1, 0.15) is 157 Å². The minimum Gasteiger partial charge on any atom is -0.481 e. The molecule has 1 aromatic carbocycles. The number of guanidine groups is 2. The number of nitrogens with one attached hydrogen (secondary N) is 11. The molecule has 106 heavy (non-hydrogen) atoms. The summed E-state index contributed by atoms with van der Waals surface area (Å²) in [5.41, 5.74) is 35.7. The van der Waals surface area contributed by atoms with Crippen molar-refractivity contribution in [2.45, 2.75) is 231 Å². The third-order valence-electron chi connectivity index (χ3n) is 17.8. The van der Waals surface area contributed by atoms with Crippen LogP contribution in [0.5, 0.6) is 0 Å². The standard InChI is InChI=1S/C69H113N21O16/c1-36(2)29-48(61(99)85-47(67(105)106)19-11-12-24-70)82-54(91)35-79-63(101)52-22-15-28-90(52)66(104)51(31-38(5)6)88-64(102)53-23-16-27-89(53)65(103)40(8)81-60(98)50(33-55(92)93)86-56(94)39(7)80-58(96)45(20-13-25-76-68(72)73)83-59(97)46(21-14-26-77-69(74)75)84-62(100)49(30-37(3)4)87-57(95)43(71)32-41-34-78-44-18-10-9-17-42(41)44/h9-10,17-18,34,36-40,43,45-53,78H,11-16,19-33,35,70-71H2,1-8H3,(H,79,101)(H,80,96)(H,81,98)(H,82,91)(H,83,97)(H,84,100)(H,85,99)(H,86,94)(H,87,95)(H,88,102)(H,92,93)(H,105,106)(H4,72,73,76)(H4,74,75,77)/t39-,40-,43-,45-,46-,47-,48-,49-,50-,51-,52-,53-/m0/s1. The molecule has 3 heterocycles. The maximum Gasteiger partial charge on any atom is 0.326 e.